The molecule has 0 amide bonds. The van der Waals surface area contributed by atoms with Gasteiger partial charge in [-0.15, -0.1) is 0 Å². The quantitative estimate of drug-likeness (QED) is 0.584. The fourth-order valence-corrected chi connectivity index (χ4v) is 0.337. The van der Waals surface area contributed by atoms with Gasteiger partial charge in [0.05, 0.1) is 12.7 Å². The Hall–Kier alpha value is -0.0800. The summed E-state index contributed by atoms with van der Waals surface area (Å²) in [6.45, 7) is 6.15. The Morgan fingerprint density at radius 2 is 2.38 bits per heavy atom. The van der Waals surface area contributed by atoms with Crippen LogP contribution in [0, 0.1) is 6.92 Å². The van der Waals surface area contributed by atoms with E-state index < -0.39 is 0 Å². The van der Waals surface area contributed by atoms with Crippen molar-refractivity contribution in [1.82, 2.24) is 0 Å². The zero-order valence-corrected chi connectivity index (χ0v) is 5.26. The summed E-state index contributed by atoms with van der Waals surface area (Å²) in [7, 11) is 0. The molecular weight excluding hydrogens is 104 g/mol. The maximum absolute atomic E-state index is 8.42. The van der Waals surface area contributed by atoms with Gasteiger partial charge in [0.25, 0.3) is 0 Å². The van der Waals surface area contributed by atoms with Crippen molar-refractivity contribution in [2.75, 3.05) is 13.2 Å². The van der Waals surface area contributed by atoms with Crippen molar-refractivity contribution < 1.29 is 9.84 Å². The van der Waals surface area contributed by atoms with Crippen molar-refractivity contribution in [3.05, 3.63) is 6.92 Å². The van der Waals surface area contributed by atoms with E-state index >= 15 is 0 Å². The number of aliphatic hydroxyl groups excluding tert-OH is 1. The summed E-state index contributed by atoms with van der Waals surface area (Å²) < 4.78 is 5.03. The third-order valence-corrected chi connectivity index (χ3v) is 0.804. The molecule has 2 nitrogen and oxygen atoms in total. The van der Waals surface area contributed by atoms with E-state index in [0.717, 1.165) is 6.42 Å². The summed E-state index contributed by atoms with van der Waals surface area (Å²) in [6, 6.07) is 0. The number of aliphatic hydroxyl groups is 1. The lowest BCUT2D eigenvalue weighted by atomic mass is 10.4. The van der Waals surface area contributed by atoms with Crippen LogP contribution in [-0.4, -0.2) is 24.4 Å². The first-order chi connectivity index (χ1) is 3.81. The van der Waals surface area contributed by atoms with Gasteiger partial charge < -0.3 is 9.84 Å². The molecule has 2 heteroatoms. The average Bonchev–Trinajstić information content (AvgIpc) is 1.83. The molecule has 1 N–H and O–H groups in total. The molecule has 0 rings (SSSR count). The smallest absolute Gasteiger partial charge is 0.0777 e. The molecule has 49 valence electrons. The molecule has 0 aliphatic rings. The molecule has 1 radical (unpaired) electrons. The highest BCUT2D eigenvalue weighted by Crippen LogP contribution is 1.88. The van der Waals surface area contributed by atoms with Crippen molar-refractivity contribution in [2.45, 2.75) is 19.4 Å². The highest BCUT2D eigenvalue weighted by molar-refractivity contribution is 4.44. The molecule has 0 heterocycles. The molecule has 1 unspecified atom stereocenters. The van der Waals surface area contributed by atoms with E-state index in [1.54, 1.807) is 0 Å². The van der Waals surface area contributed by atoms with Crippen LogP contribution in [0.2, 0.25) is 0 Å². The van der Waals surface area contributed by atoms with Gasteiger partial charge in [-0.3, -0.25) is 0 Å². The fourth-order valence-electron chi connectivity index (χ4n) is 0.337. The van der Waals surface area contributed by atoms with Gasteiger partial charge >= 0.3 is 0 Å². The number of hydrogen-bond acceptors (Lipinski definition) is 2. The third-order valence-electron chi connectivity index (χ3n) is 0.804. The summed E-state index contributed by atoms with van der Waals surface area (Å²) in [4.78, 5) is 0. The van der Waals surface area contributed by atoms with Gasteiger partial charge in [-0.1, -0.05) is 6.92 Å². The zero-order valence-electron chi connectivity index (χ0n) is 5.26. The highest BCUT2D eigenvalue weighted by atomic mass is 16.5. The van der Waals surface area contributed by atoms with Crippen LogP contribution in [0.5, 0.6) is 0 Å². The Labute approximate surface area is 50.5 Å². The van der Waals surface area contributed by atoms with E-state index in [0.29, 0.717) is 6.61 Å². The van der Waals surface area contributed by atoms with Crippen LogP contribution in [0.15, 0.2) is 0 Å². The van der Waals surface area contributed by atoms with Gasteiger partial charge in [0.15, 0.2) is 0 Å². The Balaban J connectivity index is 2.86. The molecule has 0 saturated heterocycles. The standard InChI is InChI=1S/C6H13O2/c1-3-4-8-6(2)5-7/h6-7H,1,3-5H2,2H3. The molecule has 1 atom stereocenters. The average molecular weight is 117 g/mol. The molecule has 0 aromatic heterocycles. The van der Waals surface area contributed by atoms with Gasteiger partial charge in [-0.05, 0) is 13.3 Å². The van der Waals surface area contributed by atoms with Crippen molar-refractivity contribution in [2.24, 2.45) is 0 Å². The summed E-state index contributed by atoms with van der Waals surface area (Å²) in [5, 5.41) is 8.42. The minimum Gasteiger partial charge on any atom is -0.394 e. The van der Waals surface area contributed by atoms with E-state index in [1.165, 1.54) is 0 Å². The molecule has 0 aliphatic heterocycles. The lowest BCUT2D eigenvalue weighted by Crippen LogP contribution is -2.12. The van der Waals surface area contributed by atoms with Gasteiger partial charge in [0.1, 0.15) is 0 Å². The van der Waals surface area contributed by atoms with E-state index in [2.05, 4.69) is 6.92 Å². The molecule has 0 bridgehead atoms. The zero-order chi connectivity index (χ0) is 6.41. The van der Waals surface area contributed by atoms with Crippen molar-refractivity contribution in [1.29, 1.82) is 0 Å². The molecule has 0 aromatic rings. The minimum absolute atomic E-state index is 0.0308. The van der Waals surface area contributed by atoms with Gasteiger partial charge in [0.2, 0.25) is 0 Å². The van der Waals surface area contributed by atoms with Gasteiger partial charge in [-0.2, -0.15) is 0 Å². The Bertz CT molecular complexity index is 45.8. The maximum Gasteiger partial charge on any atom is 0.0777 e. The minimum atomic E-state index is -0.0308. The number of ether oxygens (including phenoxy) is 1. The molecule has 0 aromatic carbocycles. The normalized spacial score (nSPS) is 13.9. The lowest BCUT2D eigenvalue weighted by molar-refractivity contribution is 0.0273. The van der Waals surface area contributed by atoms with Crippen LogP contribution >= 0.6 is 0 Å². The predicted octanol–water partition coefficient (Wildman–Crippen LogP) is 0.608. The number of hydrogen-bond donors (Lipinski definition) is 1. The number of rotatable bonds is 4. The Morgan fingerprint density at radius 3 is 2.75 bits per heavy atom. The van der Waals surface area contributed by atoms with Crippen LogP contribution in [0.25, 0.3) is 0 Å². The van der Waals surface area contributed by atoms with Crippen molar-refractivity contribution in [3.8, 4) is 0 Å². The van der Waals surface area contributed by atoms with E-state index in [-0.39, 0.29) is 12.7 Å². The Kier molecular flexibility index (Phi) is 5.01. The first-order valence-electron chi connectivity index (χ1n) is 2.83. The topological polar surface area (TPSA) is 29.5 Å². The molecule has 0 fully saturated rings. The van der Waals surface area contributed by atoms with E-state index in [4.69, 9.17) is 9.84 Å². The second kappa shape index (κ2) is 5.06. The SMILES string of the molecule is [CH2]CCOC(C)CO. The van der Waals surface area contributed by atoms with Gasteiger partial charge in [0, 0.05) is 6.61 Å². The second-order valence-corrected chi connectivity index (χ2v) is 1.72. The summed E-state index contributed by atoms with van der Waals surface area (Å²) >= 11 is 0. The molecule has 0 saturated carbocycles. The van der Waals surface area contributed by atoms with Crippen molar-refractivity contribution >= 4 is 0 Å². The van der Waals surface area contributed by atoms with Crippen LogP contribution in [0.3, 0.4) is 0 Å². The van der Waals surface area contributed by atoms with Crippen LogP contribution in [0.4, 0.5) is 0 Å². The third kappa shape index (κ3) is 4.09. The first-order valence-corrected chi connectivity index (χ1v) is 2.83. The van der Waals surface area contributed by atoms with E-state index in [1.807, 2.05) is 6.92 Å². The van der Waals surface area contributed by atoms with Gasteiger partial charge in [-0.25, -0.2) is 0 Å². The van der Waals surface area contributed by atoms with E-state index in [9.17, 15) is 0 Å². The second-order valence-electron chi connectivity index (χ2n) is 1.72. The summed E-state index contributed by atoms with van der Waals surface area (Å²) in [6.07, 6.45) is 0.737. The first kappa shape index (κ1) is 7.92. The van der Waals surface area contributed by atoms with Crippen LogP contribution in [0.1, 0.15) is 13.3 Å². The van der Waals surface area contributed by atoms with Crippen LogP contribution in [-0.2, 0) is 4.74 Å². The van der Waals surface area contributed by atoms with Crippen LogP contribution < -0.4 is 0 Å². The molecule has 0 spiro atoms. The Morgan fingerprint density at radius 1 is 1.75 bits per heavy atom. The largest absolute Gasteiger partial charge is 0.394 e. The summed E-state index contributed by atoms with van der Waals surface area (Å²) in [5.41, 5.74) is 0. The molecular formula is C6H13O2. The van der Waals surface area contributed by atoms with Crippen molar-refractivity contribution in [3.63, 3.8) is 0 Å². The maximum atomic E-state index is 8.42. The lowest BCUT2D eigenvalue weighted by Gasteiger charge is -2.06. The fraction of sp³-hybridized carbons (Fsp3) is 0.833. The highest BCUT2D eigenvalue weighted by Gasteiger charge is 1.95. The summed E-state index contributed by atoms with van der Waals surface area (Å²) in [5.74, 6) is 0. The predicted molar refractivity (Wildman–Crippen MR) is 32.5 cm³/mol. The monoisotopic (exact) mass is 117 g/mol. The molecule has 0 aliphatic carbocycles. The molecule has 8 heavy (non-hydrogen) atoms.